The molecule has 30 heavy (non-hydrogen) atoms. The Labute approximate surface area is 176 Å². The number of aromatic hydroxyl groups is 1. The van der Waals surface area contributed by atoms with Crippen LogP contribution in [0.15, 0.2) is 18.2 Å². The van der Waals surface area contributed by atoms with Crippen LogP contribution in [-0.2, 0) is 21.4 Å². The van der Waals surface area contributed by atoms with E-state index in [1.54, 1.807) is 12.1 Å². The van der Waals surface area contributed by atoms with Crippen molar-refractivity contribution in [2.45, 2.75) is 55.6 Å². The molecule has 3 N–H and O–H groups in total. The lowest BCUT2D eigenvalue weighted by Crippen LogP contribution is -2.69. The number of phenols is 1. The van der Waals surface area contributed by atoms with E-state index in [1.165, 1.54) is 24.8 Å². The molecule has 4 aliphatic rings. The Morgan fingerprint density at radius 3 is 2.73 bits per heavy atom. The van der Waals surface area contributed by atoms with Gasteiger partial charge in [-0.15, -0.1) is 0 Å². The molecule has 5 rings (SSSR count). The van der Waals surface area contributed by atoms with Crippen molar-refractivity contribution in [2.75, 3.05) is 26.7 Å². The first-order valence-electron chi connectivity index (χ1n) is 11.0. The average Bonchev–Trinajstić information content (AvgIpc) is 3.43. The van der Waals surface area contributed by atoms with Crippen LogP contribution in [0, 0.1) is 11.8 Å². The molecule has 7 heteroatoms. The predicted octanol–water partition coefficient (Wildman–Crippen LogP) is 1.35. The number of aliphatic hydroxyl groups is 1. The number of phenolic OH excluding ortho intramolecular Hbond substituents is 1. The first-order chi connectivity index (χ1) is 14.2. The van der Waals surface area contributed by atoms with Crippen LogP contribution in [0.25, 0.3) is 0 Å². The molecule has 162 valence electrons. The second kappa shape index (κ2) is 6.69. The maximum Gasteiger partial charge on any atom is 0.323 e. The minimum atomic E-state index is -1.05. The molecule has 0 aromatic heterocycles. The highest BCUT2D eigenvalue weighted by molar-refractivity contribution is 5.83. The van der Waals surface area contributed by atoms with Gasteiger partial charge in [-0.3, -0.25) is 14.5 Å². The fourth-order valence-corrected chi connectivity index (χ4v) is 6.60. The van der Waals surface area contributed by atoms with Crippen molar-refractivity contribution in [1.82, 2.24) is 9.80 Å². The van der Waals surface area contributed by atoms with E-state index in [9.17, 15) is 19.8 Å². The lowest BCUT2D eigenvalue weighted by atomic mass is 9.56. The number of rotatable bonds is 5. The summed E-state index contributed by atoms with van der Waals surface area (Å²) in [4.78, 5) is 27.9. The largest absolute Gasteiger partial charge is 0.508 e. The number of carbonyl (C=O) groups excluding carboxylic acids is 1. The molecule has 3 fully saturated rings. The Balaban J connectivity index is 1.54. The van der Waals surface area contributed by atoms with E-state index in [-0.39, 0.29) is 24.2 Å². The third-order valence-corrected chi connectivity index (χ3v) is 8.11. The quantitative estimate of drug-likeness (QED) is 0.673. The minimum Gasteiger partial charge on any atom is -0.508 e. The fourth-order valence-electron chi connectivity index (χ4n) is 6.60. The van der Waals surface area contributed by atoms with E-state index >= 15 is 0 Å². The van der Waals surface area contributed by atoms with Crippen LogP contribution in [0.2, 0.25) is 0 Å². The third kappa shape index (κ3) is 2.86. The molecule has 7 nitrogen and oxygen atoms in total. The number of likely N-dealkylation sites (tertiary alicyclic amines) is 1. The zero-order valence-electron chi connectivity index (χ0n) is 17.4. The van der Waals surface area contributed by atoms with Crippen molar-refractivity contribution >= 4 is 11.9 Å². The summed E-state index contributed by atoms with van der Waals surface area (Å²) in [5.74, 6) is -0.778. The summed E-state index contributed by atoms with van der Waals surface area (Å²) >= 11 is 0. The van der Waals surface area contributed by atoms with Crippen molar-refractivity contribution in [3.8, 4) is 5.75 Å². The number of hydrogen-bond donors (Lipinski definition) is 3. The van der Waals surface area contributed by atoms with Gasteiger partial charge in [-0.1, -0.05) is 6.07 Å². The van der Waals surface area contributed by atoms with Crippen LogP contribution >= 0.6 is 0 Å². The highest BCUT2D eigenvalue weighted by Crippen LogP contribution is 2.62. The summed E-state index contributed by atoms with van der Waals surface area (Å²) in [7, 11) is 1.52. The fraction of sp³-hybridized carbons (Fsp3) is 0.652. The Morgan fingerprint density at radius 2 is 2.03 bits per heavy atom. The Kier molecular flexibility index (Phi) is 4.42. The number of carboxylic acid groups (broad SMARTS) is 1. The van der Waals surface area contributed by atoms with E-state index in [1.807, 2.05) is 6.07 Å². The van der Waals surface area contributed by atoms with Crippen molar-refractivity contribution in [1.29, 1.82) is 0 Å². The Bertz CT molecular complexity index is 900. The van der Waals surface area contributed by atoms with E-state index < -0.39 is 22.9 Å². The molecule has 0 radical (unpaired) electrons. The average molecular weight is 415 g/mol. The zero-order chi connectivity index (χ0) is 21.3. The molecule has 2 saturated carbocycles. The van der Waals surface area contributed by atoms with Crippen molar-refractivity contribution in [3.63, 3.8) is 0 Å². The van der Waals surface area contributed by atoms with Gasteiger partial charge in [0.25, 0.3) is 0 Å². The summed E-state index contributed by atoms with van der Waals surface area (Å²) < 4.78 is 0. The van der Waals surface area contributed by atoms with Crippen LogP contribution in [0.3, 0.4) is 0 Å². The van der Waals surface area contributed by atoms with Gasteiger partial charge >= 0.3 is 5.97 Å². The number of carboxylic acids is 1. The molecule has 4 atom stereocenters. The predicted molar refractivity (Wildman–Crippen MR) is 109 cm³/mol. The van der Waals surface area contributed by atoms with Gasteiger partial charge in [0.1, 0.15) is 12.3 Å². The second-order valence-corrected chi connectivity index (χ2v) is 9.95. The summed E-state index contributed by atoms with van der Waals surface area (Å²) in [5.41, 5.74) is 0.498. The van der Waals surface area contributed by atoms with Crippen molar-refractivity contribution in [3.05, 3.63) is 29.3 Å². The molecular weight excluding hydrogens is 384 g/mol. The maximum absolute atomic E-state index is 13.1. The van der Waals surface area contributed by atoms with Crippen molar-refractivity contribution in [2.24, 2.45) is 11.8 Å². The molecule has 0 unspecified atom stereocenters. The van der Waals surface area contributed by atoms with Crippen LogP contribution in [0.1, 0.15) is 43.2 Å². The highest BCUT2D eigenvalue weighted by atomic mass is 16.4. The molecular formula is C23H30N2O5. The lowest BCUT2D eigenvalue weighted by molar-refractivity contribution is -0.146. The highest BCUT2D eigenvalue weighted by Gasteiger charge is 2.68. The van der Waals surface area contributed by atoms with E-state index in [4.69, 9.17) is 5.11 Å². The van der Waals surface area contributed by atoms with Crippen LogP contribution < -0.4 is 0 Å². The number of amides is 1. The summed E-state index contributed by atoms with van der Waals surface area (Å²) in [6, 6.07) is 5.40. The Morgan fingerprint density at radius 1 is 1.27 bits per heavy atom. The van der Waals surface area contributed by atoms with Gasteiger partial charge in [-0.25, -0.2) is 0 Å². The topological polar surface area (TPSA) is 101 Å². The molecule has 1 heterocycles. The van der Waals surface area contributed by atoms with E-state index in [0.717, 1.165) is 30.6 Å². The van der Waals surface area contributed by atoms with Gasteiger partial charge < -0.3 is 20.2 Å². The van der Waals surface area contributed by atoms with Gasteiger partial charge in [0.15, 0.2) is 0 Å². The van der Waals surface area contributed by atoms with Gasteiger partial charge in [0, 0.05) is 31.0 Å². The van der Waals surface area contributed by atoms with Crippen LogP contribution in [0.4, 0.5) is 0 Å². The van der Waals surface area contributed by atoms with Gasteiger partial charge in [0.2, 0.25) is 5.91 Å². The first kappa shape index (κ1) is 19.8. The van der Waals surface area contributed by atoms with E-state index in [2.05, 4.69) is 4.90 Å². The normalized spacial score (nSPS) is 34.9. The smallest absolute Gasteiger partial charge is 0.323 e. The standard InChI is InChI=1S/C23H30N2O5/c1-24(13-20(27)28)21(29)16-10-22-6-7-25(12-14-2-3-14)19(23(22,30)11-16)8-15-4-5-17(26)9-18(15)22/h4-5,9,14,16,19,26,30H,2-3,6-8,10-13H2,1H3,(H,27,28)/t16-,19-,22-,23-/m1/s1. The number of fused-ring (bicyclic) bond motifs is 1. The van der Waals surface area contributed by atoms with E-state index in [0.29, 0.717) is 25.2 Å². The molecule has 0 spiro atoms. The number of carbonyl (C=O) groups is 2. The van der Waals surface area contributed by atoms with Gasteiger partial charge in [0.05, 0.1) is 5.60 Å². The third-order valence-electron chi connectivity index (χ3n) is 8.11. The second-order valence-electron chi connectivity index (χ2n) is 9.95. The number of nitrogens with zero attached hydrogens (tertiary/aromatic N) is 2. The summed E-state index contributed by atoms with van der Waals surface area (Å²) in [6.07, 6.45) is 4.80. The number of aliphatic carboxylic acids is 1. The maximum atomic E-state index is 13.1. The molecule has 2 bridgehead atoms. The van der Waals surface area contributed by atoms with Crippen LogP contribution in [-0.4, -0.2) is 75.3 Å². The molecule has 1 amide bonds. The van der Waals surface area contributed by atoms with Crippen LogP contribution in [0.5, 0.6) is 5.75 Å². The lowest BCUT2D eigenvalue weighted by Gasteiger charge is -2.59. The Hall–Kier alpha value is -2.12. The molecule has 1 aliphatic heterocycles. The SMILES string of the molecule is CN(CC(=O)O)C(=O)[C@@H]1C[C@]23CCN(CC4CC4)[C@H](Cc4ccc(O)cc42)[C@]3(O)C1. The number of benzene rings is 1. The summed E-state index contributed by atoms with van der Waals surface area (Å²) in [6.45, 7) is 1.54. The zero-order valence-corrected chi connectivity index (χ0v) is 17.4. The van der Waals surface area contributed by atoms with Crippen molar-refractivity contribution < 1.29 is 24.9 Å². The number of piperidine rings is 1. The number of hydrogen-bond acceptors (Lipinski definition) is 5. The minimum absolute atomic E-state index is 0.0496. The van der Waals surface area contributed by atoms with Gasteiger partial charge in [-0.2, -0.15) is 0 Å². The molecule has 1 aromatic rings. The summed E-state index contributed by atoms with van der Waals surface area (Å²) in [5, 5.41) is 31.5. The van der Waals surface area contributed by atoms with Gasteiger partial charge in [-0.05, 0) is 74.2 Å². The molecule has 1 saturated heterocycles. The number of likely N-dealkylation sites (N-methyl/N-ethyl adjacent to an activating group) is 1. The monoisotopic (exact) mass is 414 g/mol. The molecule has 1 aromatic carbocycles. The first-order valence-corrected chi connectivity index (χ1v) is 11.0. The molecule has 3 aliphatic carbocycles.